The number of benzene rings is 1. The van der Waals surface area contributed by atoms with Gasteiger partial charge in [-0.2, -0.15) is 0 Å². The zero-order valence-electron chi connectivity index (χ0n) is 44.3. The van der Waals surface area contributed by atoms with Crippen molar-refractivity contribution in [2.75, 3.05) is 68.7 Å². The lowest BCUT2D eigenvalue weighted by molar-refractivity contribution is -0.318. The van der Waals surface area contributed by atoms with E-state index in [4.69, 9.17) is 42.6 Å². The molecule has 0 aromatic heterocycles. The number of ketones is 1. The van der Waals surface area contributed by atoms with E-state index in [2.05, 4.69) is 24.1 Å². The molecular formula is C51H88N4O13. The minimum absolute atomic E-state index is 0.00682. The normalized spacial score (nSPS) is 37.6. The van der Waals surface area contributed by atoms with Crippen LogP contribution in [0, 0.1) is 17.8 Å². The highest BCUT2D eigenvalue weighted by atomic mass is 16.7. The molecule has 3 fully saturated rings. The highest BCUT2D eigenvalue weighted by molar-refractivity contribution is 5.85. The average Bonchev–Trinajstić information content (AvgIpc) is 3.31. The molecule has 3 aliphatic rings. The molecule has 0 spiro atoms. The first-order valence-electron chi connectivity index (χ1n) is 24.8. The van der Waals surface area contributed by atoms with Crippen molar-refractivity contribution in [1.29, 1.82) is 0 Å². The predicted molar refractivity (Wildman–Crippen MR) is 258 cm³/mol. The lowest BCUT2D eigenvalue weighted by Crippen LogP contribution is -2.61. The zero-order chi connectivity index (χ0) is 50.8. The van der Waals surface area contributed by atoms with E-state index in [1.165, 1.54) is 0 Å². The van der Waals surface area contributed by atoms with Gasteiger partial charge in [-0.3, -0.25) is 19.4 Å². The summed E-state index contributed by atoms with van der Waals surface area (Å²) in [6.07, 6.45) is -6.32. The number of aliphatic hydroxyl groups is 1. The van der Waals surface area contributed by atoms with Crippen LogP contribution in [0.2, 0.25) is 0 Å². The molecule has 3 saturated heterocycles. The van der Waals surface area contributed by atoms with Gasteiger partial charge in [0.25, 0.3) is 0 Å². The van der Waals surface area contributed by atoms with Crippen molar-refractivity contribution in [3.8, 4) is 5.75 Å². The van der Waals surface area contributed by atoms with Crippen LogP contribution in [0.15, 0.2) is 24.3 Å². The number of hydrogen-bond acceptors (Lipinski definition) is 16. The first-order chi connectivity index (χ1) is 32.0. The van der Waals surface area contributed by atoms with Crippen molar-refractivity contribution in [3.05, 3.63) is 29.8 Å². The average molecular weight is 965 g/mol. The van der Waals surface area contributed by atoms with Crippen LogP contribution in [0.1, 0.15) is 113 Å². The summed E-state index contributed by atoms with van der Waals surface area (Å²) in [5.74, 6) is -1.69. The molecule has 68 heavy (non-hydrogen) atoms. The van der Waals surface area contributed by atoms with Crippen molar-refractivity contribution in [2.45, 2.75) is 186 Å². The predicted octanol–water partition coefficient (Wildman–Crippen LogP) is 5.84. The van der Waals surface area contributed by atoms with Crippen LogP contribution in [0.3, 0.4) is 0 Å². The van der Waals surface area contributed by atoms with Gasteiger partial charge in [0, 0.05) is 69.8 Å². The number of nitrogens with zero attached hydrogens (tertiary/aromatic N) is 3. The molecule has 0 bridgehead atoms. The van der Waals surface area contributed by atoms with Gasteiger partial charge in [-0.1, -0.05) is 45.9 Å². The first kappa shape index (κ1) is 57.6. The van der Waals surface area contributed by atoms with Crippen molar-refractivity contribution >= 4 is 17.8 Å². The van der Waals surface area contributed by atoms with E-state index in [-0.39, 0.29) is 36.8 Å². The fourth-order valence-electron chi connectivity index (χ4n) is 10.6. The number of likely N-dealkylation sites (N-methyl/N-ethyl adjacent to an activating group) is 3. The van der Waals surface area contributed by atoms with E-state index in [1.54, 1.807) is 35.2 Å². The quantitative estimate of drug-likeness (QED) is 0.189. The maximum atomic E-state index is 14.4. The van der Waals surface area contributed by atoms with Gasteiger partial charge in [0.1, 0.15) is 23.6 Å². The van der Waals surface area contributed by atoms with Crippen LogP contribution in [0.25, 0.3) is 0 Å². The molecule has 17 atom stereocenters. The Kier molecular flexibility index (Phi) is 21.5. The summed E-state index contributed by atoms with van der Waals surface area (Å²) >= 11 is 0. The lowest BCUT2D eigenvalue weighted by Gasteiger charge is -2.50. The van der Waals surface area contributed by atoms with Crippen LogP contribution in [-0.2, 0) is 47.5 Å². The number of carbonyl (C=O) groups excluding carboxylic acids is 3. The van der Waals surface area contributed by atoms with E-state index < -0.39 is 96.3 Å². The van der Waals surface area contributed by atoms with Crippen LogP contribution < -0.4 is 10.1 Å². The molecule has 0 unspecified atom stereocenters. The van der Waals surface area contributed by atoms with Gasteiger partial charge in [-0.15, -0.1) is 0 Å². The van der Waals surface area contributed by atoms with Crippen LogP contribution in [0.5, 0.6) is 5.75 Å². The fourth-order valence-corrected chi connectivity index (χ4v) is 10.6. The highest BCUT2D eigenvalue weighted by Crippen LogP contribution is 2.41. The van der Waals surface area contributed by atoms with Crippen LogP contribution in [0.4, 0.5) is 4.79 Å². The van der Waals surface area contributed by atoms with E-state index in [9.17, 15) is 19.5 Å². The molecule has 1 amide bonds. The summed E-state index contributed by atoms with van der Waals surface area (Å²) < 4.78 is 57.4. The molecule has 3 heterocycles. The van der Waals surface area contributed by atoms with E-state index in [0.717, 1.165) is 17.9 Å². The number of hydrogen-bond donors (Lipinski definition) is 2. The Hall–Kier alpha value is -2.97. The van der Waals surface area contributed by atoms with Gasteiger partial charge in [0.15, 0.2) is 24.5 Å². The Balaban J connectivity index is 1.64. The maximum Gasteiger partial charge on any atom is 0.407 e. The Morgan fingerprint density at radius 1 is 0.956 bits per heavy atom. The summed E-state index contributed by atoms with van der Waals surface area (Å²) in [4.78, 5) is 48.2. The lowest BCUT2D eigenvalue weighted by atomic mass is 9.76. The highest BCUT2D eigenvalue weighted by Gasteiger charge is 2.53. The van der Waals surface area contributed by atoms with Crippen LogP contribution >= 0.6 is 0 Å². The number of nitrogens with one attached hydrogen (secondary N) is 1. The van der Waals surface area contributed by atoms with Crippen molar-refractivity contribution in [1.82, 2.24) is 20.0 Å². The number of ether oxygens (including phenoxy) is 9. The molecule has 1 aromatic carbocycles. The summed E-state index contributed by atoms with van der Waals surface area (Å²) in [6.45, 7) is 23.1. The smallest absolute Gasteiger partial charge is 0.407 e. The monoisotopic (exact) mass is 965 g/mol. The van der Waals surface area contributed by atoms with Crippen molar-refractivity contribution in [3.63, 3.8) is 0 Å². The van der Waals surface area contributed by atoms with Gasteiger partial charge < -0.3 is 58.0 Å². The molecule has 0 saturated carbocycles. The van der Waals surface area contributed by atoms with Gasteiger partial charge in [-0.25, -0.2) is 4.79 Å². The third kappa shape index (κ3) is 13.9. The molecule has 2 N–H and O–H groups in total. The molecule has 3 aliphatic heterocycles. The Bertz CT molecular complexity index is 1760. The first-order valence-corrected chi connectivity index (χ1v) is 24.8. The number of aliphatic hydroxyl groups excluding tert-OH is 1. The van der Waals surface area contributed by atoms with Gasteiger partial charge in [0.05, 0.1) is 49.1 Å². The molecular weight excluding hydrogens is 877 g/mol. The third-order valence-electron chi connectivity index (χ3n) is 15.2. The standard InChI is InChI=1S/C51H88N4O13/c1-18-37-29-54(14)35(8)42(56)30(3)27-50(10,61-16)45(67-48-43(57)39(53(12)13)26-31(4)63-48)32(5)44(33(6)47(58)65-37)66-41-28-51(11,62-17)46(36(9)64-41)68-49(59)52-24-25-55(19-2)34(7)38-22-20-21-23-40(38)60-15/h20-23,30-37,39,41,43-46,48,57H,18-19,24-29H2,1-17H3,(H,52,59)/t30-,31-,32+,33-,34+,35+,36+,37-,39+,41+,43-,44+,45-,46+,48+,50+,51-/m1/s1. The Morgan fingerprint density at radius 2 is 1.60 bits per heavy atom. The third-order valence-corrected chi connectivity index (χ3v) is 15.2. The second-order valence-corrected chi connectivity index (χ2v) is 20.3. The molecule has 390 valence electrons. The summed E-state index contributed by atoms with van der Waals surface area (Å²) in [6, 6.07) is 7.22. The minimum Gasteiger partial charge on any atom is -0.496 e. The molecule has 0 radical (unpaired) electrons. The number of amides is 1. The van der Waals surface area contributed by atoms with E-state index in [1.807, 2.05) is 104 Å². The second-order valence-electron chi connectivity index (χ2n) is 20.3. The van der Waals surface area contributed by atoms with E-state index >= 15 is 0 Å². The fraction of sp³-hybridized carbons (Fsp3) is 0.824. The number of Topliss-reactive ketones (excluding diaryl/α,β-unsaturated/α-hetero) is 1. The zero-order valence-corrected chi connectivity index (χ0v) is 44.3. The van der Waals surface area contributed by atoms with Gasteiger partial charge in [0.2, 0.25) is 0 Å². The van der Waals surface area contributed by atoms with Gasteiger partial charge >= 0.3 is 12.1 Å². The Labute approximate surface area is 407 Å². The summed E-state index contributed by atoms with van der Waals surface area (Å²) in [5.41, 5.74) is -1.19. The molecule has 0 aliphatic carbocycles. The number of methoxy groups -OCH3 is 3. The maximum absolute atomic E-state index is 14.4. The molecule has 4 rings (SSSR count). The number of carbonyl (C=O) groups is 3. The van der Waals surface area contributed by atoms with Gasteiger partial charge in [-0.05, 0) is 101 Å². The number of para-hydroxylation sites is 1. The molecule has 17 nitrogen and oxygen atoms in total. The number of alkyl carbamates (subject to hydrolysis) is 1. The topological polar surface area (TPSA) is 176 Å². The number of rotatable bonds is 16. The minimum atomic E-state index is -1.17. The number of esters is 1. The number of cyclic esters (lactones) is 1. The molecule has 1 aromatic rings. The van der Waals surface area contributed by atoms with Crippen LogP contribution in [-0.4, -0.2) is 185 Å². The second kappa shape index (κ2) is 25.4. The largest absolute Gasteiger partial charge is 0.496 e. The van der Waals surface area contributed by atoms with Crippen molar-refractivity contribution < 1.29 is 62.1 Å². The summed E-state index contributed by atoms with van der Waals surface area (Å²) in [7, 11) is 10.5. The summed E-state index contributed by atoms with van der Waals surface area (Å²) in [5, 5.41) is 14.7. The molecule has 17 heteroatoms. The van der Waals surface area contributed by atoms with E-state index in [0.29, 0.717) is 32.5 Å². The van der Waals surface area contributed by atoms with Crippen molar-refractivity contribution in [2.24, 2.45) is 17.8 Å². The SMILES string of the molecule is CC[C@@H]1CN(C)[C@@H](C)C(=O)[C@H](C)C[C@](C)(OC)[C@H](O[C@@H]2O[C@H](C)C[C@H](N(C)C)[C@H]2O)[C@@H](C)[C@H](O[C@H]2C[C@@](C)(OC)[C@@H](OC(=O)NCCN(CC)[C@@H](C)c3ccccc3OC)[C@H](C)O2)[C@@H](C)C(=O)O1. The Morgan fingerprint density at radius 3 is 2.21 bits per heavy atom.